The van der Waals surface area contributed by atoms with Crippen molar-refractivity contribution < 1.29 is 14.4 Å². The lowest BCUT2D eigenvalue weighted by molar-refractivity contribution is -0.124. The number of benzene rings is 2. The van der Waals surface area contributed by atoms with Crippen molar-refractivity contribution in [2.24, 2.45) is 5.92 Å². The lowest BCUT2D eigenvalue weighted by Gasteiger charge is -2.19. The summed E-state index contributed by atoms with van der Waals surface area (Å²) in [4.78, 5) is 37.6. The molecule has 1 aliphatic carbocycles. The van der Waals surface area contributed by atoms with Gasteiger partial charge in [0.1, 0.15) is 11.7 Å². The Labute approximate surface area is 167 Å². The van der Waals surface area contributed by atoms with Gasteiger partial charge in [0.05, 0.1) is 0 Å². The smallest absolute Gasteiger partial charge is 0.159 e. The van der Waals surface area contributed by atoms with Crippen molar-refractivity contribution >= 4 is 17.3 Å². The molecule has 0 N–H and O–H groups in total. The molecule has 1 aliphatic rings. The molecule has 2 aromatic rings. The van der Waals surface area contributed by atoms with Crippen LogP contribution in [-0.2, 0) is 28.9 Å². The van der Waals surface area contributed by atoms with Crippen molar-refractivity contribution in [3.05, 3.63) is 69.8 Å². The highest BCUT2D eigenvalue weighted by molar-refractivity contribution is 6.15. The third kappa shape index (κ3) is 3.84. The summed E-state index contributed by atoms with van der Waals surface area (Å²) in [5, 5.41) is 0. The number of Topliss-reactive ketones (excluding diaryl/α,β-unsaturated/α-hetero) is 3. The van der Waals surface area contributed by atoms with Gasteiger partial charge in [-0.2, -0.15) is 0 Å². The molecule has 0 radical (unpaired) electrons. The molecule has 0 spiro atoms. The van der Waals surface area contributed by atoms with E-state index in [9.17, 15) is 14.4 Å². The molecule has 3 heteroatoms. The van der Waals surface area contributed by atoms with Crippen LogP contribution in [0.3, 0.4) is 0 Å². The van der Waals surface area contributed by atoms with Crippen LogP contribution in [0.15, 0.2) is 36.4 Å². The molecule has 0 amide bonds. The minimum atomic E-state index is -0.619. The van der Waals surface area contributed by atoms with Crippen LogP contribution in [0.1, 0.15) is 71.3 Å². The van der Waals surface area contributed by atoms with Gasteiger partial charge < -0.3 is 0 Å². The number of hydrogen-bond donors (Lipinski definition) is 0. The highest BCUT2D eigenvalue weighted by Crippen LogP contribution is 2.38. The Hall–Kier alpha value is -2.55. The zero-order chi connectivity index (χ0) is 20.4. The van der Waals surface area contributed by atoms with Gasteiger partial charge >= 0.3 is 0 Å². The van der Waals surface area contributed by atoms with Crippen LogP contribution >= 0.6 is 0 Å². The summed E-state index contributed by atoms with van der Waals surface area (Å²) < 4.78 is 0. The van der Waals surface area contributed by atoms with Crippen molar-refractivity contribution in [3.63, 3.8) is 0 Å². The fourth-order valence-electron chi connectivity index (χ4n) is 4.40. The molecule has 0 heterocycles. The van der Waals surface area contributed by atoms with Crippen LogP contribution in [0.2, 0.25) is 0 Å². The van der Waals surface area contributed by atoms with Gasteiger partial charge in [-0.3, -0.25) is 14.4 Å². The van der Waals surface area contributed by atoms with E-state index in [0.717, 1.165) is 35.1 Å². The van der Waals surface area contributed by atoms with Gasteiger partial charge in [0, 0.05) is 17.9 Å². The number of aryl methyl sites for hydroxylation is 3. The van der Waals surface area contributed by atoms with Crippen LogP contribution in [0, 0.1) is 12.8 Å². The first-order valence-electron chi connectivity index (χ1n) is 10.1. The van der Waals surface area contributed by atoms with Crippen molar-refractivity contribution in [1.29, 1.82) is 0 Å². The van der Waals surface area contributed by atoms with E-state index in [-0.39, 0.29) is 23.3 Å². The third-order valence-electron chi connectivity index (χ3n) is 5.85. The molecule has 0 bridgehead atoms. The van der Waals surface area contributed by atoms with Crippen LogP contribution in [0.5, 0.6) is 0 Å². The molecule has 146 valence electrons. The normalized spacial score (nSPS) is 19.3. The van der Waals surface area contributed by atoms with E-state index in [1.54, 1.807) is 12.1 Å². The second-order valence-corrected chi connectivity index (χ2v) is 7.86. The second-order valence-electron chi connectivity index (χ2n) is 7.86. The van der Waals surface area contributed by atoms with Gasteiger partial charge in [-0.15, -0.1) is 0 Å². The number of rotatable bonds is 6. The molecular weight excluding hydrogens is 348 g/mol. The molecule has 1 saturated carbocycles. The maximum absolute atomic E-state index is 13.2. The van der Waals surface area contributed by atoms with E-state index in [1.165, 1.54) is 12.5 Å². The van der Waals surface area contributed by atoms with Gasteiger partial charge in [0.25, 0.3) is 0 Å². The average Bonchev–Trinajstić information content (AvgIpc) is 2.94. The Balaban J connectivity index is 1.89. The molecule has 0 aliphatic heterocycles. The predicted octanol–water partition coefficient (Wildman–Crippen LogP) is 4.81. The van der Waals surface area contributed by atoms with Gasteiger partial charge in [-0.25, -0.2) is 0 Å². The summed E-state index contributed by atoms with van der Waals surface area (Å²) in [6.07, 6.45) is 2.49. The van der Waals surface area contributed by atoms with E-state index in [4.69, 9.17) is 0 Å². The molecule has 2 atom stereocenters. The summed E-state index contributed by atoms with van der Waals surface area (Å²) in [6.45, 7) is 7.76. The molecule has 2 unspecified atom stereocenters. The summed E-state index contributed by atoms with van der Waals surface area (Å²) in [7, 11) is 0. The number of carbonyl (C=O) groups excluding carboxylic acids is 3. The van der Waals surface area contributed by atoms with Crippen molar-refractivity contribution in [1.82, 2.24) is 0 Å². The predicted molar refractivity (Wildman–Crippen MR) is 111 cm³/mol. The monoisotopic (exact) mass is 376 g/mol. The first kappa shape index (κ1) is 20.2. The molecule has 28 heavy (non-hydrogen) atoms. The quantitative estimate of drug-likeness (QED) is 0.537. The molecule has 3 rings (SSSR count). The van der Waals surface area contributed by atoms with E-state index >= 15 is 0 Å². The highest BCUT2D eigenvalue weighted by Gasteiger charge is 2.43. The molecule has 3 nitrogen and oxygen atoms in total. The minimum Gasteiger partial charge on any atom is -0.298 e. The fraction of sp³-hybridized carbons (Fsp3) is 0.400. The van der Waals surface area contributed by atoms with Crippen molar-refractivity contribution in [2.75, 3.05) is 0 Å². The Kier molecular flexibility index (Phi) is 5.93. The standard InChI is InChI=1S/C25H28O3/c1-5-18-11-15(3)12-19(6-2)23(18)24-22(27)14-21(25(24)28)13-17-7-9-20(10-8-17)16(4)26/h7-12,21,24H,5-6,13-14H2,1-4H3. The van der Waals surface area contributed by atoms with E-state index in [0.29, 0.717) is 18.4 Å². The topological polar surface area (TPSA) is 51.2 Å². The molecular formula is C25H28O3. The van der Waals surface area contributed by atoms with E-state index < -0.39 is 5.92 Å². The first-order valence-corrected chi connectivity index (χ1v) is 10.1. The van der Waals surface area contributed by atoms with E-state index in [2.05, 4.69) is 32.9 Å². The Morgan fingerprint density at radius 3 is 2.07 bits per heavy atom. The Morgan fingerprint density at radius 2 is 1.57 bits per heavy atom. The summed E-state index contributed by atoms with van der Waals surface area (Å²) >= 11 is 0. The summed E-state index contributed by atoms with van der Waals surface area (Å²) in [5.74, 6) is -0.779. The third-order valence-corrected chi connectivity index (χ3v) is 5.85. The molecule has 1 fully saturated rings. The maximum atomic E-state index is 13.2. The Bertz CT molecular complexity index is 896. The lowest BCUT2D eigenvalue weighted by atomic mass is 9.83. The largest absolute Gasteiger partial charge is 0.298 e. The lowest BCUT2D eigenvalue weighted by Crippen LogP contribution is -2.20. The summed E-state index contributed by atoms with van der Waals surface area (Å²) in [5.41, 5.74) is 6.03. The van der Waals surface area contributed by atoms with Crippen molar-refractivity contribution in [3.8, 4) is 0 Å². The van der Waals surface area contributed by atoms with Crippen LogP contribution < -0.4 is 0 Å². The first-order chi connectivity index (χ1) is 13.3. The fourth-order valence-corrected chi connectivity index (χ4v) is 4.40. The zero-order valence-corrected chi connectivity index (χ0v) is 17.2. The number of carbonyl (C=O) groups is 3. The highest BCUT2D eigenvalue weighted by atomic mass is 16.2. The van der Waals surface area contributed by atoms with Gasteiger partial charge in [0.2, 0.25) is 0 Å². The average molecular weight is 376 g/mol. The number of ketones is 3. The van der Waals surface area contributed by atoms with Crippen LogP contribution in [0.25, 0.3) is 0 Å². The van der Waals surface area contributed by atoms with Gasteiger partial charge in [0.15, 0.2) is 11.6 Å². The second kappa shape index (κ2) is 8.22. The Morgan fingerprint density at radius 1 is 1.00 bits per heavy atom. The SMILES string of the molecule is CCc1cc(C)cc(CC)c1C1C(=O)CC(Cc2ccc(C(C)=O)cc2)C1=O. The molecule has 0 aromatic heterocycles. The zero-order valence-electron chi connectivity index (χ0n) is 17.2. The van der Waals surface area contributed by atoms with Crippen molar-refractivity contribution in [2.45, 2.75) is 59.3 Å². The van der Waals surface area contributed by atoms with Crippen LogP contribution in [0.4, 0.5) is 0 Å². The van der Waals surface area contributed by atoms with Gasteiger partial charge in [-0.05, 0) is 55.4 Å². The maximum Gasteiger partial charge on any atom is 0.159 e. The van der Waals surface area contributed by atoms with Crippen LogP contribution in [-0.4, -0.2) is 17.3 Å². The molecule has 0 saturated heterocycles. The summed E-state index contributed by atoms with van der Waals surface area (Å²) in [6, 6.07) is 11.6. The number of hydrogen-bond acceptors (Lipinski definition) is 3. The minimum absolute atomic E-state index is 0.0253. The van der Waals surface area contributed by atoms with Gasteiger partial charge in [-0.1, -0.05) is 55.8 Å². The molecule has 2 aromatic carbocycles. The van der Waals surface area contributed by atoms with E-state index in [1.807, 2.05) is 12.1 Å².